The van der Waals surface area contributed by atoms with E-state index in [2.05, 4.69) is 10.8 Å². The van der Waals surface area contributed by atoms with Crippen LogP contribution in [0.5, 0.6) is 0 Å². The molecule has 13 heavy (non-hydrogen) atoms. The molecular formula is C9H15N3O. The maximum atomic E-state index is 5.78. The molecule has 0 aliphatic heterocycles. The molecule has 0 aromatic heterocycles. The van der Waals surface area contributed by atoms with E-state index >= 15 is 0 Å². The van der Waals surface area contributed by atoms with Crippen LogP contribution < -0.4 is 16.5 Å². The molecule has 0 atom stereocenters. The van der Waals surface area contributed by atoms with Gasteiger partial charge in [0.25, 0.3) is 0 Å². The highest BCUT2D eigenvalue weighted by atomic mass is 16.6. The number of benzene rings is 1. The monoisotopic (exact) mass is 181 g/mol. The topological polar surface area (TPSA) is 59.3 Å². The Morgan fingerprint density at radius 1 is 1.46 bits per heavy atom. The minimum Gasteiger partial charge on any atom is -0.397 e. The van der Waals surface area contributed by atoms with E-state index in [4.69, 9.17) is 10.6 Å². The molecule has 1 rings (SSSR count). The van der Waals surface area contributed by atoms with Gasteiger partial charge < -0.3 is 11.1 Å². The quantitative estimate of drug-likeness (QED) is 0.488. The van der Waals surface area contributed by atoms with Crippen molar-refractivity contribution < 1.29 is 4.84 Å². The lowest BCUT2D eigenvalue weighted by Crippen LogP contribution is -2.02. The fraction of sp³-hybridized carbons (Fsp3) is 0.333. The molecule has 0 radical (unpaired) electrons. The summed E-state index contributed by atoms with van der Waals surface area (Å²) in [4.78, 5) is 4.76. The second kappa shape index (κ2) is 4.57. The molecule has 0 fully saturated rings. The Balaban J connectivity index is 2.79. The van der Waals surface area contributed by atoms with Gasteiger partial charge in [0.1, 0.15) is 0 Å². The lowest BCUT2D eigenvalue weighted by Gasteiger charge is -2.09. The van der Waals surface area contributed by atoms with Gasteiger partial charge in [-0.3, -0.25) is 10.3 Å². The second-order valence-corrected chi connectivity index (χ2v) is 2.64. The van der Waals surface area contributed by atoms with E-state index in [1.165, 1.54) is 0 Å². The van der Waals surface area contributed by atoms with Crippen LogP contribution in [-0.4, -0.2) is 13.7 Å². The van der Waals surface area contributed by atoms with Gasteiger partial charge in [0, 0.05) is 6.54 Å². The number of nitrogens with one attached hydrogen (secondary N) is 2. The summed E-state index contributed by atoms with van der Waals surface area (Å²) in [5, 5.41) is 3.15. The Morgan fingerprint density at radius 3 is 2.77 bits per heavy atom. The zero-order valence-corrected chi connectivity index (χ0v) is 7.92. The van der Waals surface area contributed by atoms with Crippen molar-refractivity contribution in [3.63, 3.8) is 0 Å². The number of nitrogen functional groups attached to an aromatic ring is 1. The van der Waals surface area contributed by atoms with Gasteiger partial charge in [-0.2, -0.15) is 0 Å². The van der Waals surface area contributed by atoms with Crippen molar-refractivity contribution in [3.05, 3.63) is 18.2 Å². The summed E-state index contributed by atoms with van der Waals surface area (Å²) in [6.45, 7) is 2.89. The van der Waals surface area contributed by atoms with Crippen LogP contribution in [-0.2, 0) is 4.84 Å². The Labute approximate surface area is 78.0 Å². The molecular weight excluding hydrogens is 166 g/mol. The Hall–Kier alpha value is -1.42. The molecule has 0 unspecified atom stereocenters. The van der Waals surface area contributed by atoms with E-state index in [0.717, 1.165) is 17.9 Å². The third-order valence-corrected chi connectivity index (χ3v) is 1.64. The van der Waals surface area contributed by atoms with Crippen molar-refractivity contribution in [2.75, 3.05) is 30.2 Å². The summed E-state index contributed by atoms with van der Waals surface area (Å²) in [6, 6.07) is 5.64. The van der Waals surface area contributed by atoms with Crippen molar-refractivity contribution >= 4 is 17.1 Å². The Bertz CT molecular complexity index is 276. The Morgan fingerprint density at radius 2 is 2.23 bits per heavy atom. The van der Waals surface area contributed by atoms with Crippen molar-refractivity contribution in [3.8, 4) is 0 Å². The number of nitrogens with two attached hydrogens (primary N) is 1. The van der Waals surface area contributed by atoms with Gasteiger partial charge >= 0.3 is 0 Å². The van der Waals surface area contributed by atoms with Crippen LogP contribution in [0.3, 0.4) is 0 Å². The predicted octanol–water partition coefficient (Wildman–Crippen LogP) is 1.67. The molecule has 4 nitrogen and oxygen atoms in total. The van der Waals surface area contributed by atoms with E-state index < -0.39 is 0 Å². The second-order valence-electron chi connectivity index (χ2n) is 2.64. The van der Waals surface area contributed by atoms with Crippen LogP contribution in [0.4, 0.5) is 17.1 Å². The SMILES string of the molecule is CCNc1ccc(NOC)cc1N. The standard InChI is InChI=1S/C9H15N3O/c1-3-11-9-5-4-7(12-13-2)6-8(9)10/h4-6,11-12H,3,10H2,1-2H3. The molecule has 0 bridgehead atoms. The minimum absolute atomic E-state index is 0.712. The molecule has 4 N–H and O–H groups in total. The van der Waals surface area contributed by atoms with Crippen LogP contribution in [0.1, 0.15) is 6.92 Å². The molecule has 0 amide bonds. The van der Waals surface area contributed by atoms with Crippen LogP contribution >= 0.6 is 0 Å². The van der Waals surface area contributed by atoms with E-state index in [9.17, 15) is 0 Å². The molecule has 0 aliphatic carbocycles. The van der Waals surface area contributed by atoms with Gasteiger partial charge in [0.05, 0.1) is 24.2 Å². The number of anilines is 3. The third kappa shape index (κ3) is 2.52. The first-order valence-electron chi connectivity index (χ1n) is 4.20. The highest BCUT2D eigenvalue weighted by Crippen LogP contribution is 2.22. The average Bonchev–Trinajstić information content (AvgIpc) is 2.10. The van der Waals surface area contributed by atoms with E-state index in [0.29, 0.717) is 5.69 Å². The normalized spacial score (nSPS) is 9.69. The largest absolute Gasteiger partial charge is 0.397 e. The van der Waals surface area contributed by atoms with Crippen molar-refractivity contribution in [2.45, 2.75) is 6.92 Å². The summed E-state index contributed by atoms with van der Waals surface area (Å²) >= 11 is 0. The molecule has 0 spiro atoms. The number of hydrogen-bond donors (Lipinski definition) is 3. The molecule has 0 saturated carbocycles. The molecule has 0 aliphatic rings. The summed E-state index contributed by atoms with van der Waals surface area (Å²) in [6.07, 6.45) is 0. The van der Waals surface area contributed by atoms with Crippen molar-refractivity contribution in [1.29, 1.82) is 0 Å². The molecule has 1 aromatic carbocycles. The zero-order chi connectivity index (χ0) is 9.68. The molecule has 1 aromatic rings. The lowest BCUT2D eigenvalue weighted by molar-refractivity contribution is 0.271. The number of rotatable bonds is 4. The summed E-state index contributed by atoms with van der Waals surface area (Å²) in [5.41, 5.74) is 11.0. The maximum absolute atomic E-state index is 5.78. The minimum atomic E-state index is 0.712. The van der Waals surface area contributed by atoms with Gasteiger partial charge in [-0.05, 0) is 25.1 Å². The van der Waals surface area contributed by atoms with Crippen molar-refractivity contribution in [2.24, 2.45) is 0 Å². The fourth-order valence-electron chi connectivity index (χ4n) is 1.10. The molecule has 4 heteroatoms. The van der Waals surface area contributed by atoms with Crippen LogP contribution in [0.2, 0.25) is 0 Å². The third-order valence-electron chi connectivity index (χ3n) is 1.64. The zero-order valence-electron chi connectivity index (χ0n) is 7.92. The molecule has 0 heterocycles. The molecule has 72 valence electrons. The first-order valence-corrected chi connectivity index (χ1v) is 4.20. The first-order chi connectivity index (χ1) is 6.27. The van der Waals surface area contributed by atoms with E-state index in [-0.39, 0.29) is 0 Å². The van der Waals surface area contributed by atoms with Crippen LogP contribution in [0, 0.1) is 0 Å². The van der Waals surface area contributed by atoms with Crippen molar-refractivity contribution in [1.82, 2.24) is 0 Å². The van der Waals surface area contributed by atoms with Gasteiger partial charge in [-0.15, -0.1) is 0 Å². The lowest BCUT2D eigenvalue weighted by atomic mass is 10.2. The van der Waals surface area contributed by atoms with E-state index in [1.54, 1.807) is 7.11 Å². The highest BCUT2D eigenvalue weighted by Gasteiger charge is 1.98. The van der Waals surface area contributed by atoms with Crippen LogP contribution in [0.15, 0.2) is 18.2 Å². The highest BCUT2D eigenvalue weighted by molar-refractivity contribution is 5.71. The van der Waals surface area contributed by atoms with Crippen LogP contribution in [0.25, 0.3) is 0 Å². The van der Waals surface area contributed by atoms with Gasteiger partial charge in [0.15, 0.2) is 0 Å². The van der Waals surface area contributed by atoms with Gasteiger partial charge in [-0.1, -0.05) is 0 Å². The molecule has 0 saturated heterocycles. The van der Waals surface area contributed by atoms with Gasteiger partial charge in [-0.25, -0.2) is 0 Å². The number of hydrogen-bond acceptors (Lipinski definition) is 4. The summed E-state index contributed by atoms with van der Waals surface area (Å²) in [7, 11) is 1.56. The first kappa shape index (κ1) is 9.67. The summed E-state index contributed by atoms with van der Waals surface area (Å²) in [5.74, 6) is 0. The fourth-order valence-corrected chi connectivity index (χ4v) is 1.10. The summed E-state index contributed by atoms with van der Waals surface area (Å²) < 4.78 is 0. The van der Waals surface area contributed by atoms with E-state index in [1.807, 2.05) is 25.1 Å². The Kier molecular flexibility index (Phi) is 3.40. The predicted molar refractivity (Wildman–Crippen MR) is 55.6 cm³/mol. The van der Waals surface area contributed by atoms with Gasteiger partial charge in [0.2, 0.25) is 0 Å². The smallest absolute Gasteiger partial charge is 0.0636 e. The maximum Gasteiger partial charge on any atom is 0.0636 e. The average molecular weight is 181 g/mol.